The normalized spacial score (nSPS) is 14.7. The Morgan fingerprint density at radius 1 is 1.03 bits per heavy atom. The lowest BCUT2D eigenvalue weighted by atomic mass is 10.1. The van der Waals surface area contributed by atoms with Gasteiger partial charge in [0.15, 0.2) is 0 Å². The van der Waals surface area contributed by atoms with Crippen LogP contribution in [0, 0.1) is 5.82 Å². The van der Waals surface area contributed by atoms with Gasteiger partial charge in [0.2, 0.25) is 4.96 Å². The monoisotopic (exact) mass is 483 g/mol. The minimum Gasteiger partial charge on any atom is -0.336 e. The van der Waals surface area contributed by atoms with Crippen molar-refractivity contribution in [3.63, 3.8) is 0 Å². The Labute approximate surface area is 197 Å². The lowest BCUT2D eigenvalue weighted by Gasteiger charge is -2.34. The summed E-state index contributed by atoms with van der Waals surface area (Å²) in [6, 6.07) is 14.4. The van der Waals surface area contributed by atoms with Crippen molar-refractivity contribution >= 4 is 33.8 Å². The van der Waals surface area contributed by atoms with Crippen LogP contribution in [0.25, 0.3) is 15.5 Å². The summed E-state index contributed by atoms with van der Waals surface area (Å²) in [6.45, 7) is 2.94. The van der Waals surface area contributed by atoms with Crippen molar-refractivity contribution in [2.24, 2.45) is 0 Å². The molecule has 4 aromatic rings. The zero-order valence-corrected chi connectivity index (χ0v) is 19.0. The van der Waals surface area contributed by atoms with Crippen LogP contribution in [-0.2, 0) is 6.54 Å². The fourth-order valence-corrected chi connectivity index (χ4v) is 4.82. The average molecular weight is 484 g/mol. The van der Waals surface area contributed by atoms with Crippen LogP contribution in [0.5, 0.6) is 0 Å². The molecule has 3 heterocycles. The number of carbonyl (C=O) groups is 1. The maximum atomic E-state index is 13.1. The van der Waals surface area contributed by atoms with Gasteiger partial charge in [0.05, 0.1) is 5.69 Å². The van der Waals surface area contributed by atoms with Crippen LogP contribution in [0.15, 0.2) is 59.4 Å². The van der Waals surface area contributed by atoms with Crippen molar-refractivity contribution in [3.8, 4) is 10.6 Å². The first-order valence-corrected chi connectivity index (χ1v) is 11.6. The molecule has 1 fully saturated rings. The van der Waals surface area contributed by atoms with E-state index in [1.165, 1.54) is 46.2 Å². The number of fused-ring (bicyclic) bond motifs is 1. The van der Waals surface area contributed by atoms with Gasteiger partial charge in [0.1, 0.15) is 10.8 Å². The van der Waals surface area contributed by atoms with Crippen LogP contribution in [-0.4, -0.2) is 56.5 Å². The summed E-state index contributed by atoms with van der Waals surface area (Å²) in [5.74, 6) is -0.468. The van der Waals surface area contributed by atoms with Crippen molar-refractivity contribution in [1.29, 1.82) is 0 Å². The third kappa shape index (κ3) is 4.66. The molecule has 0 saturated carbocycles. The van der Waals surface area contributed by atoms with Crippen LogP contribution in [0.4, 0.5) is 4.39 Å². The topological polar surface area (TPSA) is 70.8 Å². The zero-order valence-electron chi connectivity index (χ0n) is 17.4. The van der Waals surface area contributed by atoms with E-state index in [0.29, 0.717) is 59.0 Å². The van der Waals surface area contributed by atoms with Crippen molar-refractivity contribution in [3.05, 3.63) is 87.0 Å². The van der Waals surface area contributed by atoms with Crippen molar-refractivity contribution in [2.45, 2.75) is 6.54 Å². The average Bonchev–Trinajstić information content (AvgIpc) is 3.25. The molecule has 0 aliphatic carbocycles. The van der Waals surface area contributed by atoms with E-state index in [0.717, 1.165) is 5.56 Å². The number of carbonyl (C=O) groups excluding carboxylic acids is 1. The van der Waals surface area contributed by atoms with Gasteiger partial charge < -0.3 is 4.90 Å². The Morgan fingerprint density at radius 2 is 1.73 bits per heavy atom. The fourth-order valence-electron chi connectivity index (χ4n) is 3.76. The highest BCUT2D eigenvalue weighted by Crippen LogP contribution is 2.25. The fraction of sp³-hybridized carbons (Fsp3) is 0.217. The molecule has 0 atom stereocenters. The largest absolute Gasteiger partial charge is 0.336 e. The van der Waals surface area contributed by atoms with E-state index in [-0.39, 0.29) is 17.3 Å². The van der Waals surface area contributed by atoms with E-state index >= 15 is 0 Å². The van der Waals surface area contributed by atoms with E-state index < -0.39 is 0 Å². The second-order valence-electron chi connectivity index (χ2n) is 7.77. The molecule has 2 aromatic carbocycles. The predicted molar refractivity (Wildman–Crippen MR) is 125 cm³/mol. The van der Waals surface area contributed by atoms with Gasteiger partial charge in [-0.3, -0.25) is 14.5 Å². The van der Waals surface area contributed by atoms with Crippen molar-refractivity contribution in [2.75, 3.05) is 26.2 Å². The summed E-state index contributed by atoms with van der Waals surface area (Å²) in [6.07, 6.45) is 0. The van der Waals surface area contributed by atoms with Crippen LogP contribution in [0.1, 0.15) is 16.1 Å². The molecule has 7 nitrogen and oxygen atoms in total. The number of aromatic nitrogens is 3. The van der Waals surface area contributed by atoms with E-state index in [2.05, 4.69) is 15.0 Å². The van der Waals surface area contributed by atoms with Gasteiger partial charge in [0.25, 0.3) is 11.5 Å². The summed E-state index contributed by atoms with van der Waals surface area (Å²) in [7, 11) is 0. The van der Waals surface area contributed by atoms with Gasteiger partial charge in [0, 0.05) is 54.9 Å². The maximum Gasteiger partial charge on any atom is 0.275 e. The Bertz CT molecular complexity index is 1360. The van der Waals surface area contributed by atoms with E-state index in [1.807, 2.05) is 12.1 Å². The van der Waals surface area contributed by atoms with Crippen molar-refractivity contribution < 1.29 is 9.18 Å². The number of benzene rings is 2. The minimum atomic E-state index is -0.363. The molecule has 1 aliphatic rings. The van der Waals surface area contributed by atoms with Gasteiger partial charge in [-0.15, -0.1) is 0 Å². The molecule has 0 unspecified atom stereocenters. The van der Waals surface area contributed by atoms with Gasteiger partial charge in [-0.2, -0.15) is 9.61 Å². The van der Waals surface area contributed by atoms with Crippen LogP contribution < -0.4 is 5.56 Å². The van der Waals surface area contributed by atoms with Crippen LogP contribution in [0.2, 0.25) is 5.02 Å². The Balaban J connectivity index is 1.27. The van der Waals surface area contributed by atoms with Crippen LogP contribution >= 0.6 is 22.9 Å². The molecule has 1 saturated heterocycles. The maximum absolute atomic E-state index is 13.1. The molecule has 33 heavy (non-hydrogen) atoms. The van der Waals surface area contributed by atoms with Gasteiger partial charge in [-0.25, -0.2) is 9.37 Å². The highest BCUT2D eigenvalue weighted by atomic mass is 35.5. The predicted octanol–water partition coefficient (Wildman–Crippen LogP) is 3.57. The molecular formula is C23H19ClFN5O2S. The third-order valence-electron chi connectivity index (χ3n) is 5.53. The molecule has 2 aromatic heterocycles. The SMILES string of the molecule is O=C(c1ccc(F)cc1)N1CCN(Cc2cc(=O)n3nc(-c4ccc(Cl)cc4)sc3n2)CC1. The number of piperazine rings is 1. The molecule has 0 N–H and O–H groups in total. The Morgan fingerprint density at radius 3 is 2.42 bits per heavy atom. The molecule has 5 rings (SSSR count). The minimum absolute atomic E-state index is 0.105. The van der Waals surface area contributed by atoms with E-state index in [4.69, 9.17) is 11.6 Å². The number of hydrogen-bond acceptors (Lipinski definition) is 6. The Kier molecular flexibility index (Phi) is 5.92. The van der Waals surface area contributed by atoms with Crippen LogP contribution in [0.3, 0.4) is 0 Å². The summed E-state index contributed by atoms with van der Waals surface area (Å²) in [4.78, 5) is 34.3. The molecule has 168 valence electrons. The summed E-state index contributed by atoms with van der Waals surface area (Å²) < 4.78 is 14.4. The first kappa shape index (κ1) is 21.7. The number of hydrogen-bond donors (Lipinski definition) is 0. The lowest BCUT2D eigenvalue weighted by Crippen LogP contribution is -2.48. The number of amides is 1. The molecular weight excluding hydrogens is 465 g/mol. The second kappa shape index (κ2) is 9.01. The van der Waals surface area contributed by atoms with E-state index in [1.54, 1.807) is 17.0 Å². The second-order valence-corrected chi connectivity index (χ2v) is 9.16. The molecule has 0 radical (unpaired) electrons. The molecule has 0 bridgehead atoms. The highest BCUT2D eigenvalue weighted by molar-refractivity contribution is 7.19. The zero-order chi connectivity index (χ0) is 22.9. The summed E-state index contributed by atoms with van der Waals surface area (Å²) >= 11 is 7.30. The number of rotatable bonds is 4. The molecule has 1 aliphatic heterocycles. The smallest absolute Gasteiger partial charge is 0.275 e. The lowest BCUT2D eigenvalue weighted by molar-refractivity contribution is 0.0627. The number of nitrogens with zero attached hydrogens (tertiary/aromatic N) is 5. The molecule has 0 spiro atoms. The van der Waals surface area contributed by atoms with Gasteiger partial charge >= 0.3 is 0 Å². The number of halogens is 2. The molecule has 10 heteroatoms. The molecule has 1 amide bonds. The van der Waals surface area contributed by atoms with Gasteiger partial charge in [-0.1, -0.05) is 35.1 Å². The standard InChI is InChI=1S/C23H19ClFN5O2S/c24-17-5-1-15(2-6-17)21-27-30-20(31)13-19(26-23(30)33-21)14-28-9-11-29(12-10-28)22(32)16-3-7-18(25)8-4-16/h1-8,13H,9-12,14H2. The summed E-state index contributed by atoms with van der Waals surface area (Å²) in [5, 5.41) is 5.73. The highest BCUT2D eigenvalue weighted by Gasteiger charge is 2.23. The summed E-state index contributed by atoms with van der Waals surface area (Å²) in [5.41, 5.74) is 1.80. The first-order valence-electron chi connectivity index (χ1n) is 10.4. The van der Waals surface area contributed by atoms with Crippen molar-refractivity contribution in [1.82, 2.24) is 24.4 Å². The quantitative estimate of drug-likeness (QED) is 0.444. The first-order chi connectivity index (χ1) is 16.0. The Hall–Kier alpha value is -3.14. The third-order valence-corrected chi connectivity index (χ3v) is 6.73. The van der Waals surface area contributed by atoms with E-state index in [9.17, 15) is 14.0 Å². The van der Waals surface area contributed by atoms with Gasteiger partial charge in [-0.05, 0) is 36.4 Å².